The molecule has 2 aromatic carbocycles. The molecule has 0 aliphatic carbocycles. The standard InChI is InChI=1S/C18H18N2O4/c1-13(17(22)20-15-10-6-3-7-11-15)24-16(21)12-19-18(23)14-8-4-2-5-9-14/h2-11,13H,12H2,1H3,(H,19,23)(H,20,22). The minimum absolute atomic E-state index is 0.309. The van der Waals surface area contributed by atoms with Crippen molar-refractivity contribution in [1.29, 1.82) is 0 Å². The highest BCUT2D eigenvalue weighted by molar-refractivity contribution is 5.97. The van der Waals surface area contributed by atoms with Crippen molar-refractivity contribution >= 4 is 23.5 Å². The van der Waals surface area contributed by atoms with Crippen LogP contribution >= 0.6 is 0 Å². The maximum Gasteiger partial charge on any atom is 0.326 e. The largest absolute Gasteiger partial charge is 0.451 e. The van der Waals surface area contributed by atoms with E-state index in [4.69, 9.17) is 4.74 Å². The van der Waals surface area contributed by atoms with E-state index >= 15 is 0 Å². The van der Waals surface area contributed by atoms with Gasteiger partial charge in [0.1, 0.15) is 6.54 Å². The van der Waals surface area contributed by atoms with E-state index < -0.39 is 18.0 Å². The molecule has 0 radical (unpaired) electrons. The van der Waals surface area contributed by atoms with Crippen LogP contribution in [0.2, 0.25) is 0 Å². The predicted molar refractivity (Wildman–Crippen MR) is 89.4 cm³/mol. The van der Waals surface area contributed by atoms with Gasteiger partial charge in [0, 0.05) is 11.3 Å². The lowest BCUT2D eigenvalue weighted by molar-refractivity contribution is -0.152. The van der Waals surface area contributed by atoms with Crippen molar-refractivity contribution in [3.05, 3.63) is 66.2 Å². The topological polar surface area (TPSA) is 84.5 Å². The molecule has 24 heavy (non-hydrogen) atoms. The molecular weight excluding hydrogens is 308 g/mol. The number of carbonyl (C=O) groups is 3. The molecule has 0 heterocycles. The average molecular weight is 326 g/mol. The third kappa shape index (κ3) is 5.24. The van der Waals surface area contributed by atoms with Crippen LogP contribution in [0, 0.1) is 0 Å². The summed E-state index contributed by atoms with van der Waals surface area (Å²) in [4.78, 5) is 35.5. The second-order valence-electron chi connectivity index (χ2n) is 5.04. The normalized spacial score (nSPS) is 11.2. The Balaban J connectivity index is 1.77. The monoisotopic (exact) mass is 326 g/mol. The van der Waals surface area contributed by atoms with Gasteiger partial charge in [-0.25, -0.2) is 0 Å². The molecule has 2 rings (SSSR count). The summed E-state index contributed by atoms with van der Waals surface area (Å²) < 4.78 is 5.00. The van der Waals surface area contributed by atoms with Crippen LogP contribution in [-0.2, 0) is 14.3 Å². The Kier molecular flexibility index (Phi) is 6.08. The molecule has 2 aromatic rings. The van der Waals surface area contributed by atoms with Gasteiger partial charge in [-0.2, -0.15) is 0 Å². The van der Waals surface area contributed by atoms with Gasteiger partial charge in [-0.05, 0) is 31.2 Å². The van der Waals surface area contributed by atoms with E-state index in [2.05, 4.69) is 10.6 Å². The maximum absolute atomic E-state index is 11.9. The van der Waals surface area contributed by atoms with E-state index in [9.17, 15) is 14.4 Å². The molecule has 1 unspecified atom stereocenters. The van der Waals surface area contributed by atoms with Gasteiger partial charge < -0.3 is 15.4 Å². The van der Waals surface area contributed by atoms with Crippen LogP contribution in [0.4, 0.5) is 5.69 Å². The summed E-state index contributed by atoms with van der Waals surface area (Å²) >= 11 is 0. The molecule has 0 bridgehead atoms. The molecule has 0 spiro atoms. The number of amides is 2. The molecule has 6 heteroatoms. The Morgan fingerprint density at radius 1 is 0.958 bits per heavy atom. The number of hydrogen-bond donors (Lipinski definition) is 2. The Labute approximate surface area is 139 Å². The zero-order valence-electron chi connectivity index (χ0n) is 13.2. The van der Waals surface area contributed by atoms with E-state index in [1.54, 1.807) is 54.6 Å². The zero-order valence-corrected chi connectivity index (χ0v) is 13.2. The lowest BCUT2D eigenvalue weighted by Crippen LogP contribution is -2.35. The number of hydrogen-bond acceptors (Lipinski definition) is 4. The number of ether oxygens (including phenoxy) is 1. The van der Waals surface area contributed by atoms with Crippen molar-refractivity contribution in [3.63, 3.8) is 0 Å². The Morgan fingerprint density at radius 2 is 1.54 bits per heavy atom. The van der Waals surface area contributed by atoms with Gasteiger partial charge in [0.25, 0.3) is 11.8 Å². The third-order valence-corrected chi connectivity index (χ3v) is 3.15. The zero-order chi connectivity index (χ0) is 17.4. The quantitative estimate of drug-likeness (QED) is 0.795. The lowest BCUT2D eigenvalue weighted by Gasteiger charge is -2.13. The molecule has 124 valence electrons. The molecule has 0 aliphatic heterocycles. The van der Waals surface area contributed by atoms with E-state index in [0.29, 0.717) is 11.3 Å². The van der Waals surface area contributed by atoms with Gasteiger partial charge in [0.05, 0.1) is 0 Å². The predicted octanol–water partition coefficient (Wildman–Crippen LogP) is 1.99. The van der Waals surface area contributed by atoms with Crippen LogP contribution in [0.5, 0.6) is 0 Å². The second-order valence-corrected chi connectivity index (χ2v) is 5.04. The Bertz CT molecular complexity index is 701. The fourth-order valence-electron chi connectivity index (χ4n) is 1.90. The minimum atomic E-state index is -0.966. The first-order chi connectivity index (χ1) is 11.6. The molecule has 0 saturated carbocycles. The highest BCUT2D eigenvalue weighted by Crippen LogP contribution is 2.06. The van der Waals surface area contributed by atoms with Crippen LogP contribution in [0.25, 0.3) is 0 Å². The van der Waals surface area contributed by atoms with Crippen LogP contribution in [0.3, 0.4) is 0 Å². The number of nitrogens with one attached hydrogen (secondary N) is 2. The summed E-state index contributed by atoms with van der Waals surface area (Å²) in [5.41, 5.74) is 1.06. The van der Waals surface area contributed by atoms with Crippen molar-refractivity contribution in [2.45, 2.75) is 13.0 Å². The second kappa shape index (κ2) is 8.47. The van der Waals surface area contributed by atoms with E-state index in [1.807, 2.05) is 6.07 Å². The molecule has 0 aromatic heterocycles. The SMILES string of the molecule is CC(OC(=O)CNC(=O)c1ccccc1)C(=O)Nc1ccccc1. The number of rotatable bonds is 6. The summed E-state index contributed by atoms with van der Waals surface area (Å²) in [7, 11) is 0. The van der Waals surface area contributed by atoms with Gasteiger partial charge in [0.15, 0.2) is 6.10 Å². The highest BCUT2D eigenvalue weighted by Gasteiger charge is 2.18. The van der Waals surface area contributed by atoms with Crippen LogP contribution < -0.4 is 10.6 Å². The van der Waals surface area contributed by atoms with Crippen LogP contribution in [0.1, 0.15) is 17.3 Å². The molecule has 2 N–H and O–H groups in total. The first-order valence-electron chi connectivity index (χ1n) is 7.45. The fourth-order valence-corrected chi connectivity index (χ4v) is 1.90. The lowest BCUT2D eigenvalue weighted by atomic mass is 10.2. The molecule has 0 saturated heterocycles. The minimum Gasteiger partial charge on any atom is -0.451 e. The fraction of sp³-hybridized carbons (Fsp3) is 0.167. The Morgan fingerprint density at radius 3 is 2.17 bits per heavy atom. The van der Waals surface area contributed by atoms with Crippen molar-refractivity contribution in [3.8, 4) is 0 Å². The maximum atomic E-state index is 11.9. The average Bonchev–Trinajstić information content (AvgIpc) is 2.61. The van der Waals surface area contributed by atoms with Gasteiger partial charge >= 0.3 is 5.97 Å². The molecule has 1 atom stereocenters. The number of benzene rings is 2. The number of anilines is 1. The van der Waals surface area contributed by atoms with Crippen LogP contribution in [-0.4, -0.2) is 30.4 Å². The van der Waals surface area contributed by atoms with Crippen LogP contribution in [0.15, 0.2) is 60.7 Å². The summed E-state index contributed by atoms with van der Waals surface area (Å²) in [5, 5.41) is 5.08. The highest BCUT2D eigenvalue weighted by atomic mass is 16.5. The van der Waals surface area contributed by atoms with Crippen molar-refractivity contribution in [2.24, 2.45) is 0 Å². The van der Waals surface area contributed by atoms with E-state index in [1.165, 1.54) is 6.92 Å². The number of para-hydroxylation sites is 1. The Hall–Kier alpha value is -3.15. The number of esters is 1. The summed E-state index contributed by atoms with van der Waals surface area (Å²) in [6, 6.07) is 17.4. The van der Waals surface area contributed by atoms with Crippen molar-refractivity contribution < 1.29 is 19.1 Å². The van der Waals surface area contributed by atoms with Gasteiger partial charge in [0.2, 0.25) is 0 Å². The van der Waals surface area contributed by atoms with E-state index in [-0.39, 0.29) is 12.5 Å². The smallest absolute Gasteiger partial charge is 0.326 e. The molecule has 0 aliphatic rings. The summed E-state index contributed by atoms with van der Waals surface area (Å²) in [5.74, 6) is -1.51. The van der Waals surface area contributed by atoms with Crippen molar-refractivity contribution in [2.75, 3.05) is 11.9 Å². The summed E-state index contributed by atoms with van der Waals surface area (Å²) in [6.07, 6.45) is -0.966. The summed E-state index contributed by atoms with van der Waals surface area (Å²) in [6.45, 7) is 1.16. The van der Waals surface area contributed by atoms with Gasteiger partial charge in [-0.3, -0.25) is 14.4 Å². The first-order valence-corrected chi connectivity index (χ1v) is 7.45. The third-order valence-electron chi connectivity index (χ3n) is 3.15. The molecular formula is C18H18N2O4. The van der Waals surface area contributed by atoms with Crippen molar-refractivity contribution in [1.82, 2.24) is 5.32 Å². The van der Waals surface area contributed by atoms with Gasteiger partial charge in [-0.1, -0.05) is 36.4 Å². The number of carbonyl (C=O) groups excluding carboxylic acids is 3. The molecule has 0 fully saturated rings. The molecule has 2 amide bonds. The first kappa shape index (κ1) is 17.2. The van der Waals surface area contributed by atoms with E-state index in [0.717, 1.165) is 0 Å². The van der Waals surface area contributed by atoms with Gasteiger partial charge in [-0.15, -0.1) is 0 Å². The molecule has 6 nitrogen and oxygen atoms in total.